The zero-order chi connectivity index (χ0) is 15.0. The second-order valence-corrected chi connectivity index (χ2v) is 6.06. The highest BCUT2D eigenvalue weighted by Crippen LogP contribution is 2.46. The molecule has 2 rings (SSSR count). The molecule has 1 N–H and O–H groups in total. The Kier molecular flexibility index (Phi) is 3.59. The van der Waals surface area contributed by atoms with Crippen LogP contribution in [0.4, 0.5) is 0 Å². The van der Waals surface area contributed by atoms with E-state index in [4.69, 9.17) is 4.74 Å². The van der Waals surface area contributed by atoms with Crippen molar-refractivity contribution in [2.45, 2.75) is 39.7 Å². The second kappa shape index (κ2) is 4.93. The quantitative estimate of drug-likeness (QED) is 0.620. The predicted octanol–water partition coefficient (Wildman–Crippen LogP) is 2.28. The Balaban J connectivity index is 2.42. The van der Waals surface area contributed by atoms with E-state index in [-0.39, 0.29) is 17.3 Å². The van der Waals surface area contributed by atoms with Crippen LogP contribution in [0.1, 0.15) is 34.1 Å². The van der Waals surface area contributed by atoms with E-state index in [1.807, 2.05) is 12.2 Å². The standard InChI is InChI=1S/C16H21NO3/c1-5-20-14(19)8-13-16(10-15(3,4)17-13)7-6-12(18)11(2)9-16/h6-9,17H,5,10H2,1-4H3/b13-8-/t16-/m1/s1. The van der Waals surface area contributed by atoms with E-state index < -0.39 is 5.41 Å². The number of hydrogen-bond acceptors (Lipinski definition) is 4. The topological polar surface area (TPSA) is 55.4 Å². The SMILES string of the molecule is CCOC(=O)/C=C1\NC(C)(C)C[C@]12C=CC(=O)C(C)=C2. The molecule has 0 radical (unpaired) electrons. The van der Waals surface area contributed by atoms with Gasteiger partial charge in [-0.05, 0) is 45.8 Å². The van der Waals surface area contributed by atoms with Gasteiger partial charge in [-0.3, -0.25) is 4.79 Å². The molecule has 0 aromatic heterocycles. The Morgan fingerprint density at radius 3 is 2.80 bits per heavy atom. The average Bonchev–Trinajstić information content (AvgIpc) is 2.56. The van der Waals surface area contributed by atoms with Gasteiger partial charge < -0.3 is 10.1 Å². The molecule has 0 aromatic rings. The number of allylic oxidation sites excluding steroid dienone is 3. The second-order valence-electron chi connectivity index (χ2n) is 6.06. The van der Waals surface area contributed by atoms with Crippen LogP contribution >= 0.6 is 0 Å². The van der Waals surface area contributed by atoms with Gasteiger partial charge in [0.25, 0.3) is 0 Å². The Morgan fingerprint density at radius 2 is 2.20 bits per heavy atom. The van der Waals surface area contributed by atoms with E-state index in [1.165, 1.54) is 6.08 Å². The summed E-state index contributed by atoms with van der Waals surface area (Å²) in [6.07, 6.45) is 7.73. The maximum absolute atomic E-state index is 11.7. The highest BCUT2D eigenvalue weighted by atomic mass is 16.5. The maximum atomic E-state index is 11.7. The molecule has 0 saturated carbocycles. The highest BCUT2D eigenvalue weighted by Gasteiger charge is 2.45. The number of hydrogen-bond donors (Lipinski definition) is 1. The molecule has 108 valence electrons. The number of carbonyl (C=O) groups excluding carboxylic acids is 2. The lowest BCUT2D eigenvalue weighted by molar-refractivity contribution is -0.137. The molecule has 2 aliphatic rings. The molecule has 0 amide bonds. The summed E-state index contributed by atoms with van der Waals surface area (Å²) in [4.78, 5) is 23.4. The molecule has 1 spiro atoms. The van der Waals surface area contributed by atoms with Crippen LogP contribution in [0.2, 0.25) is 0 Å². The normalized spacial score (nSPS) is 29.5. The molecular formula is C16H21NO3. The number of ketones is 1. The molecule has 1 heterocycles. The number of ether oxygens (including phenoxy) is 1. The van der Waals surface area contributed by atoms with E-state index in [0.29, 0.717) is 12.2 Å². The van der Waals surface area contributed by atoms with Crippen LogP contribution in [0, 0.1) is 5.41 Å². The smallest absolute Gasteiger partial charge is 0.332 e. The fraction of sp³-hybridized carbons (Fsp3) is 0.500. The number of rotatable bonds is 2. The lowest BCUT2D eigenvalue weighted by Crippen LogP contribution is -2.31. The van der Waals surface area contributed by atoms with Crippen molar-refractivity contribution in [1.29, 1.82) is 0 Å². The first-order valence-electron chi connectivity index (χ1n) is 6.88. The first-order valence-corrected chi connectivity index (χ1v) is 6.88. The van der Waals surface area contributed by atoms with Gasteiger partial charge in [-0.2, -0.15) is 0 Å². The molecule has 4 nitrogen and oxygen atoms in total. The van der Waals surface area contributed by atoms with E-state index >= 15 is 0 Å². The maximum Gasteiger partial charge on any atom is 0.332 e. The summed E-state index contributed by atoms with van der Waals surface area (Å²) in [7, 11) is 0. The van der Waals surface area contributed by atoms with Crippen molar-refractivity contribution in [2.24, 2.45) is 5.41 Å². The summed E-state index contributed by atoms with van der Waals surface area (Å²) in [6.45, 7) is 8.09. The van der Waals surface area contributed by atoms with Gasteiger partial charge in [0.15, 0.2) is 5.78 Å². The van der Waals surface area contributed by atoms with Gasteiger partial charge in [0.05, 0.1) is 6.61 Å². The first-order chi connectivity index (χ1) is 9.28. The van der Waals surface area contributed by atoms with Crippen molar-refractivity contribution >= 4 is 11.8 Å². The van der Waals surface area contributed by atoms with Crippen molar-refractivity contribution in [3.05, 3.63) is 35.6 Å². The molecule has 4 heteroatoms. The minimum absolute atomic E-state index is 0.0239. The van der Waals surface area contributed by atoms with E-state index in [1.54, 1.807) is 19.9 Å². The molecule has 1 aliphatic carbocycles. The van der Waals surface area contributed by atoms with E-state index in [9.17, 15) is 9.59 Å². The van der Waals surface area contributed by atoms with Crippen molar-refractivity contribution in [3.63, 3.8) is 0 Å². The minimum Gasteiger partial charge on any atom is -0.463 e. The number of esters is 1. The molecular weight excluding hydrogens is 254 g/mol. The zero-order valence-corrected chi connectivity index (χ0v) is 12.4. The van der Waals surface area contributed by atoms with Crippen LogP contribution in [-0.2, 0) is 14.3 Å². The summed E-state index contributed by atoms with van der Waals surface area (Å²) in [5, 5.41) is 3.37. The van der Waals surface area contributed by atoms with E-state index in [2.05, 4.69) is 19.2 Å². The summed E-state index contributed by atoms with van der Waals surface area (Å²) >= 11 is 0. The number of nitrogens with one attached hydrogen (secondary N) is 1. The van der Waals surface area contributed by atoms with Crippen molar-refractivity contribution in [3.8, 4) is 0 Å². The fourth-order valence-corrected chi connectivity index (χ4v) is 2.96. The molecule has 1 fully saturated rings. The van der Waals surface area contributed by atoms with Crippen molar-refractivity contribution < 1.29 is 14.3 Å². The Bertz CT molecular complexity index is 540. The van der Waals surface area contributed by atoms with Gasteiger partial charge in [-0.15, -0.1) is 0 Å². The summed E-state index contributed by atoms with van der Waals surface area (Å²) in [5.41, 5.74) is 0.958. The van der Waals surface area contributed by atoms with Gasteiger partial charge in [0, 0.05) is 22.7 Å². The average molecular weight is 275 g/mol. The largest absolute Gasteiger partial charge is 0.463 e. The lowest BCUT2D eigenvalue weighted by Gasteiger charge is -2.26. The fourth-order valence-electron chi connectivity index (χ4n) is 2.96. The van der Waals surface area contributed by atoms with Gasteiger partial charge >= 0.3 is 5.97 Å². The van der Waals surface area contributed by atoms with Crippen LogP contribution in [0.3, 0.4) is 0 Å². The molecule has 20 heavy (non-hydrogen) atoms. The molecule has 1 aliphatic heterocycles. The molecule has 1 saturated heterocycles. The summed E-state index contributed by atoms with van der Waals surface area (Å²) in [5.74, 6) is -0.334. The predicted molar refractivity (Wildman–Crippen MR) is 76.9 cm³/mol. The highest BCUT2D eigenvalue weighted by molar-refractivity contribution is 6.05. The summed E-state index contributed by atoms with van der Waals surface area (Å²) in [6, 6.07) is 0. The van der Waals surface area contributed by atoms with Crippen LogP contribution in [0.15, 0.2) is 35.6 Å². The molecule has 1 atom stereocenters. The lowest BCUT2D eigenvalue weighted by atomic mass is 9.75. The zero-order valence-electron chi connectivity index (χ0n) is 12.4. The molecule has 0 unspecified atom stereocenters. The van der Waals surface area contributed by atoms with Gasteiger partial charge in [-0.25, -0.2) is 4.79 Å². The summed E-state index contributed by atoms with van der Waals surface area (Å²) < 4.78 is 4.99. The Labute approximate surface area is 119 Å². The Hall–Kier alpha value is -1.84. The third-order valence-electron chi connectivity index (χ3n) is 3.65. The van der Waals surface area contributed by atoms with Crippen LogP contribution in [0.25, 0.3) is 0 Å². The van der Waals surface area contributed by atoms with Crippen LogP contribution in [-0.4, -0.2) is 23.9 Å². The third-order valence-corrected chi connectivity index (χ3v) is 3.65. The minimum atomic E-state index is -0.408. The van der Waals surface area contributed by atoms with Gasteiger partial charge in [0.2, 0.25) is 0 Å². The third kappa shape index (κ3) is 2.69. The van der Waals surface area contributed by atoms with Gasteiger partial charge in [-0.1, -0.05) is 12.2 Å². The monoisotopic (exact) mass is 275 g/mol. The Morgan fingerprint density at radius 1 is 1.50 bits per heavy atom. The van der Waals surface area contributed by atoms with Crippen LogP contribution < -0.4 is 5.32 Å². The van der Waals surface area contributed by atoms with E-state index in [0.717, 1.165) is 12.1 Å². The van der Waals surface area contributed by atoms with Crippen LogP contribution in [0.5, 0.6) is 0 Å². The first kappa shape index (κ1) is 14.6. The molecule has 0 aromatic carbocycles. The number of carbonyl (C=O) groups is 2. The van der Waals surface area contributed by atoms with Crippen molar-refractivity contribution in [1.82, 2.24) is 5.32 Å². The van der Waals surface area contributed by atoms with Gasteiger partial charge in [0.1, 0.15) is 0 Å². The molecule has 0 bridgehead atoms. The van der Waals surface area contributed by atoms with Crippen molar-refractivity contribution in [2.75, 3.05) is 6.61 Å².